The minimum atomic E-state index is -0.783. The normalized spacial score (nSPS) is 12.6. The predicted molar refractivity (Wildman–Crippen MR) is 362 cm³/mol. The van der Waals surface area contributed by atoms with Crippen LogP contribution >= 0.6 is 0 Å². The number of hydrogen-bond donors (Lipinski definition) is 0. The van der Waals surface area contributed by atoms with E-state index in [-0.39, 0.29) is 31.1 Å². The van der Waals surface area contributed by atoms with Crippen molar-refractivity contribution in [1.29, 1.82) is 0 Å². The Bertz CT molecular complexity index is 1570. The molecule has 0 saturated heterocycles. The highest BCUT2D eigenvalue weighted by Crippen LogP contribution is 2.18. The van der Waals surface area contributed by atoms with Gasteiger partial charge in [-0.05, 0) is 89.9 Å². The molecule has 0 saturated carbocycles. The molecule has 0 aromatic carbocycles. The van der Waals surface area contributed by atoms with Gasteiger partial charge in [-0.15, -0.1) is 0 Å². The summed E-state index contributed by atoms with van der Waals surface area (Å²) in [6, 6.07) is 0. The highest BCUT2D eigenvalue weighted by atomic mass is 16.6. The maximum absolute atomic E-state index is 13.0. The topological polar surface area (TPSA) is 78.9 Å². The second kappa shape index (κ2) is 71.1. The molecule has 0 heterocycles. The highest BCUT2D eigenvalue weighted by molar-refractivity contribution is 5.71. The van der Waals surface area contributed by atoms with Gasteiger partial charge in [-0.3, -0.25) is 14.4 Å². The Balaban J connectivity index is 4.25. The van der Waals surface area contributed by atoms with Gasteiger partial charge < -0.3 is 14.2 Å². The van der Waals surface area contributed by atoms with E-state index in [2.05, 4.69) is 106 Å². The van der Waals surface area contributed by atoms with Crippen molar-refractivity contribution in [3.63, 3.8) is 0 Å². The van der Waals surface area contributed by atoms with Crippen LogP contribution in [0.15, 0.2) is 85.1 Å². The number of ether oxygens (including phenoxy) is 3. The van der Waals surface area contributed by atoms with Gasteiger partial charge in [-0.25, -0.2) is 0 Å². The molecule has 0 aromatic rings. The molecule has 6 nitrogen and oxygen atoms in total. The average molecular weight is 1160 g/mol. The molecule has 1 unspecified atom stereocenters. The largest absolute Gasteiger partial charge is 0.462 e. The molecule has 0 N–H and O–H groups in total. The van der Waals surface area contributed by atoms with Crippen LogP contribution in [0, 0.1) is 0 Å². The Morgan fingerprint density at radius 3 is 0.735 bits per heavy atom. The molecule has 1 atom stereocenters. The van der Waals surface area contributed by atoms with Crippen molar-refractivity contribution >= 4 is 17.9 Å². The lowest BCUT2D eigenvalue weighted by Gasteiger charge is -2.18. The zero-order valence-corrected chi connectivity index (χ0v) is 55.2. The Morgan fingerprint density at radius 2 is 0.470 bits per heavy atom. The number of hydrogen-bond acceptors (Lipinski definition) is 6. The van der Waals surface area contributed by atoms with Gasteiger partial charge in [0, 0.05) is 19.3 Å². The lowest BCUT2D eigenvalue weighted by Crippen LogP contribution is -2.30. The highest BCUT2D eigenvalue weighted by Gasteiger charge is 2.19. The molecule has 0 aromatic heterocycles. The van der Waals surface area contributed by atoms with Gasteiger partial charge >= 0.3 is 17.9 Å². The van der Waals surface area contributed by atoms with Gasteiger partial charge in [0.15, 0.2) is 6.10 Å². The zero-order chi connectivity index (χ0) is 59.9. The van der Waals surface area contributed by atoms with Crippen LogP contribution in [-0.4, -0.2) is 37.2 Å². The smallest absolute Gasteiger partial charge is 0.306 e. The van der Waals surface area contributed by atoms with E-state index in [0.29, 0.717) is 19.3 Å². The third-order valence-electron chi connectivity index (χ3n) is 15.9. The van der Waals surface area contributed by atoms with E-state index >= 15 is 0 Å². The SMILES string of the molecule is CC/C=C\C/C=C\C/C=C\C/C=C\CCCCCCCCCCCCCCCCCCC(=O)OCC(COC(=O)CCCCCCC/C=C\C/C=C\C/C=C\CC)OC(=O)CCCCCCCCCCCCCCCCCCCCCCC. The van der Waals surface area contributed by atoms with Crippen LogP contribution < -0.4 is 0 Å². The number of esters is 3. The molecule has 0 radical (unpaired) electrons. The van der Waals surface area contributed by atoms with Crippen molar-refractivity contribution in [3.05, 3.63) is 85.1 Å². The van der Waals surface area contributed by atoms with Crippen LogP contribution in [0.25, 0.3) is 0 Å². The third-order valence-corrected chi connectivity index (χ3v) is 15.9. The fourth-order valence-electron chi connectivity index (χ4n) is 10.6. The second-order valence-electron chi connectivity index (χ2n) is 24.1. The summed E-state index contributed by atoms with van der Waals surface area (Å²) < 4.78 is 17.0. The van der Waals surface area contributed by atoms with E-state index in [0.717, 1.165) is 122 Å². The first-order valence-electron chi connectivity index (χ1n) is 36.1. The van der Waals surface area contributed by atoms with E-state index in [1.165, 1.54) is 205 Å². The Labute approximate surface area is 515 Å². The third kappa shape index (κ3) is 69.3. The molecule has 0 fully saturated rings. The van der Waals surface area contributed by atoms with E-state index in [9.17, 15) is 14.4 Å². The van der Waals surface area contributed by atoms with Crippen LogP contribution in [0.2, 0.25) is 0 Å². The standard InChI is InChI=1S/C77H136O6/c1-4-7-10-13-16-19-22-25-28-30-32-34-35-36-37-38-39-40-41-43-44-46-49-52-55-58-61-64-67-70-76(79)82-73-74(72-81-75(78)69-66-63-60-57-54-51-48-27-24-21-18-15-12-9-6-3)83-77(80)71-68-65-62-59-56-53-50-47-45-42-33-31-29-26-23-20-17-14-11-8-5-2/h7,9-10,12,16,18-19,21,25,27-28,32,34,48,74H,4-6,8,11,13-15,17,20,22-24,26,29-31,33,35-47,49-73H2,1-3H3/b10-7-,12-9-,19-16-,21-18-,28-25-,34-32-,48-27-. The number of carbonyl (C=O) groups excluding carboxylic acids is 3. The zero-order valence-electron chi connectivity index (χ0n) is 55.2. The number of rotatable bonds is 66. The van der Waals surface area contributed by atoms with Gasteiger partial charge in [0.2, 0.25) is 0 Å². The van der Waals surface area contributed by atoms with Crippen LogP contribution in [0.1, 0.15) is 367 Å². The number of carbonyl (C=O) groups is 3. The number of unbranched alkanes of at least 4 members (excludes halogenated alkanes) is 41. The van der Waals surface area contributed by atoms with Crippen molar-refractivity contribution < 1.29 is 28.6 Å². The maximum atomic E-state index is 13.0. The van der Waals surface area contributed by atoms with Crippen LogP contribution in [0.4, 0.5) is 0 Å². The first-order valence-corrected chi connectivity index (χ1v) is 36.1. The Kier molecular flexibility index (Phi) is 68.2. The van der Waals surface area contributed by atoms with E-state index in [1.807, 2.05) is 0 Å². The van der Waals surface area contributed by atoms with Gasteiger partial charge in [-0.2, -0.15) is 0 Å². The summed E-state index contributed by atoms with van der Waals surface area (Å²) in [7, 11) is 0. The summed E-state index contributed by atoms with van der Waals surface area (Å²) in [5, 5.41) is 0. The second-order valence-corrected chi connectivity index (χ2v) is 24.1. The summed E-state index contributed by atoms with van der Waals surface area (Å²) in [6.45, 7) is 6.46. The molecule has 0 amide bonds. The predicted octanol–water partition coefficient (Wildman–Crippen LogP) is 25.0. The minimum absolute atomic E-state index is 0.0774. The quantitative estimate of drug-likeness (QED) is 0.0261. The van der Waals surface area contributed by atoms with Crippen LogP contribution in [0.3, 0.4) is 0 Å². The van der Waals surface area contributed by atoms with Crippen LogP contribution in [0.5, 0.6) is 0 Å². The van der Waals surface area contributed by atoms with Crippen molar-refractivity contribution in [3.8, 4) is 0 Å². The van der Waals surface area contributed by atoms with Gasteiger partial charge in [0.05, 0.1) is 0 Å². The molecular weight excluding hydrogens is 1020 g/mol. The first kappa shape index (κ1) is 79.6. The van der Waals surface area contributed by atoms with Gasteiger partial charge in [0.25, 0.3) is 0 Å². The van der Waals surface area contributed by atoms with Crippen LogP contribution in [-0.2, 0) is 28.6 Å². The maximum Gasteiger partial charge on any atom is 0.306 e. The Hall–Kier alpha value is -3.41. The summed E-state index contributed by atoms with van der Waals surface area (Å²) in [4.78, 5) is 38.5. The summed E-state index contributed by atoms with van der Waals surface area (Å²) in [5.41, 5.74) is 0. The molecule has 0 spiro atoms. The molecule has 0 aliphatic carbocycles. The summed E-state index contributed by atoms with van der Waals surface area (Å²) in [6.07, 6.45) is 94.8. The van der Waals surface area contributed by atoms with E-state index in [4.69, 9.17) is 14.2 Å². The summed E-state index contributed by atoms with van der Waals surface area (Å²) >= 11 is 0. The molecule has 6 heteroatoms. The minimum Gasteiger partial charge on any atom is -0.462 e. The molecule has 0 rings (SSSR count). The van der Waals surface area contributed by atoms with Gasteiger partial charge in [0.1, 0.15) is 13.2 Å². The molecule has 0 aliphatic rings. The van der Waals surface area contributed by atoms with E-state index < -0.39 is 6.10 Å². The first-order chi connectivity index (χ1) is 41.0. The Morgan fingerprint density at radius 1 is 0.253 bits per heavy atom. The van der Waals surface area contributed by atoms with E-state index in [1.54, 1.807) is 0 Å². The lowest BCUT2D eigenvalue weighted by molar-refractivity contribution is -0.167. The molecule has 480 valence electrons. The van der Waals surface area contributed by atoms with Crippen molar-refractivity contribution in [2.45, 2.75) is 374 Å². The monoisotopic (exact) mass is 1160 g/mol. The van der Waals surface area contributed by atoms with Crippen molar-refractivity contribution in [2.75, 3.05) is 13.2 Å². The fourth-order valence-corrected chi connectivity index (χ4v) is 10.6. The molecule has 83 heavy (non-hydrogen) atoms. The summed E-state index contributed by atoms with van der Waals surface area (Å²) in [5.74, 6) is -0.872. The van der Waals surface area contributed by atoms with Crippen molar-refractivity contribution in [1.82, 2.24) is 0 Å². The number of allylic oxidation sites excluding steroid dienone is 14. The molecule has 0 aliphatic heterocycles. The van der Waals surface area contributed by atoms with Gasteiger partial charge in [-0.1, -0.05) is 343 Å². The van der Waals surface area contributed by atoms with Crippen molar-refractivity contribution in [2.24, 2.45) is 0 Å². The fraction of sp³-hybridized carbons (Fsp3) is 0.779. The average Bonchev–Trinajstić information content (AvgIpc) is 3.49. The molecular formula is C77H136O6. The molecule has 0 bridgehead atoms. The lowest BCUT2D eigenvalue weighted by atomic mass is 10.0.